The number of benzene rings is 3. The van der Waals surface area contributed by atoms with E-state index in [9.17, 15) is 4.79 Å². The minimum Gasteiger partial charge on any atom is -0.368 e. The summed E-state index contributed by atoms with van der Waals surface area (Å²) in [6.45, 7) is 7.33. The van der Waals surface area contributed by atoms with E-state index in [1.165, 1.54) is 16.8 Å². The fourth-order valence-corrected chi connectivity index (χ4v) is 4.74. The summed E-state index contributed by atoms with van der Waals surface area (Å²) < 4.78 is 0. The van der Waals surface area contributed by atoms with Gasteiger partial charge in [0.25, 0.3) is 5.91 Å². The van der Waals surface area contributed by atoms with Crippen molar-refractivity contribution in [1.82, 2.24) is 9.88 Å². The summed E-state index contributed by atoms with van der Waals surface area (Å²) >= 11 is 6.21. The molecule has 1 amide bonds. The number of para-hydroxylation sites is 1. The van der Waals surface area contributed by atoms with E-state index in [0.29, 0.717) is 23.7 Å². The maximum atomic E-state index is 13.7. The average molecular weight is 456 g/mol. The molecule has 0 radical (unpaired) electrons. The van der Waals surface area contributed by atoms with Gasteiger partial charge in [0, 0.05) is 47.8 Å². The number of hydrogen-bond acceptors (Lipinski definition) is 3. The number of pyridine rings is 1. The van der Waals surface area contributed by atoms with Crippen molar-refractivity contribution in [3.8, 4) is 11.3 Å². The van der Waals surface area contributed by atoms with E-state index in [0.717, 1.165) is 35.2 Å². The number of anilines is 1. The van der Waals surface area contributed by atoms with E-state index in [2.05, 4.69) is 36.9 Å². The molecule has 33 heavy (non-hydrogen) atoms. The molecule has 5 rings (SSSR count). The number of nitrogens with zero attached hydrogens (tertiary/aromatic N) is 3. The van der Waals surface area contributed by atoms with E-state index in [1.807, 2.05) is 59.5 Å². The SMILES string of the molecule is Cc1cccc(N2CCN(C(=O)c3cc(-c4cccc(Cl)c4)nc4ccccc34)CC2)c1C. The van der Waals surface area contributed by atoms with Gasteiger partial charge in [0.1, 0.15) is 0 Å². The molecule has 0 atom stereocenters. The summed E-state index contributed by atoms with van der Waals surface area (Å²) in [5.41, 5.74) is 7.03. The van der Waals surface area contributed by atoms with Gasteiger partial charge >= 0.3 is 0 Å². The monoisotopic (exact) mass is 455 g/mol. The molecule has 4 aromatic rings. The lowest BCUT2D eigenvalue weighted by molar-refractivity contribution is 0.0748. The molecule has 0 unspecified atom stereocenters. The third kappa shape index (κ3) is 4.19. The van der Waals surface area contributed by atoms with Gasteiger partial charge in [0.15, 0.2) is 0 Å². The highest BCUT2D eigenvalue weighted by Gasteiger charge is 2.25. The molecule has 0 N–H and O–H groups in total. The molecule has 0 saturated carbocycles. The summed E-state index contributed by atoms with van der Waals surface area (Å²) in [4.78, 5) is 22.8. The summed E-state index contributed by atoms with van der Waals surface area (Å²) in [7, 11) is 0. The second-order valence-electron chi connectivity index (χ2n) is 8.58. The molecule has 1 aromatic heterocycles. The lowest BCUT2D eigenvalue weighted by Gasteiger charge is -2.37. The zero-order chi connectivity index (χ0) is 22.9. The van der Waals surface area contributed by atoms with E-state index in [-0.39, 0.29) is 5.91 Å². The second-order valence-corrected chi connectivity index (χ2v) is 9.02. The first-order valence-electron chi connectivity index (χ1n) is 11.3. The summed E-state index contributed by atoms with van der Waals surface area (Å²) in [5, 5.41) is 1.53. The van der Waals surface area contributed by atoms with Crippen molar-refractivity contribution in [3.63, 3.8) is 0 Å². The Bertz CT molecular complexity index is 1340. The van der Waals surface area contributed by atoms with Crippen molar-refractivity contribution in [2.75, 3.05) is 31.1 Å². The van der Waals surface area contributed by atoms with Crippen molar-refractivity contribution in [2.45, 2.75) is 13.8 Å². The molecule has 1 aliphatic heterocycles. The first-order chi connectivity index (χ1) is 16.0. The zero-order valence-corrected chi connectivity index (χ0v) is 19.6. The van der Waals surface area contributed by atoms with E-state index in [4.69, 9.17) is 16.6 Å². The molecule has 166 valence electrons. The standard InChI is InChI=1S/C28H26ClN3O/c1-19-7-5-12-27(20(19)2)31-13-15-32(16-14-31)28(33)24-18-26(21-8-6-9-22(29)17-21)30-25-11-4-3-10-23(24)25/h3-12,17-18H,13-16H2,1-2H3. The number of carbonyl (C=O) groups is 1. The van der Waals surface area contributed by atoms with Gasteiger partial charge in [-0.25, -0.2) is 4.98 Å². The molecule has 1 aliphatic rings. The van der Waals surface area contributed by atoms with E-state index < -0.39 is 0 Å². The van der Waals surface area contributed by atoms with Gasteiger partial charge < -0.3 is 9.80 Å². The van der Waals surface area contributed by atoms with Crippen LogP contribution in [0.15, 0.2) is 72.8 Å². The molecule has 0 spiro atoms. The number of fused-ring (bicyclic) bond motifs is 1. The van der Waals surface area contributed by atoms with Crippen LogP contribution < -0.4 is 4.90 Å². The van der Waals surface area contributed by atoms with E-state index in [1.54, 1.807) is 0 Å². The molecule has 3 aromatic carbocycles. The predicted octanol–water partition coefficient (Wildman–Crippen LogP) is 6.13. The smallest absolute Gasteiger partial charge is 0.254 e. The summed E-state index contributed by atoms with van der Waals surface area (Å²) in [6.07, 6.45) is 0. The van der Waals surface area contributed by atoms with Gasteiger partial charge in [-0.3, -0.25) is 4.79 Å². The van der Waals surface area contributed by atoms with Crippen molar-refractivity contribution in [2.24, 2.45) is 0 Å². The highest BCUT2D eigenvalue weighted by Crippen LogP contribution is 2.29. The van der Waals surface area contributed by atoms with Crippen LogP contribution in [-0.4, -0.2) is 42.0 Å². The topological polar surface area (TPSA) is 36.4 Å². The van der Waals surface area contributed by atoms with Crippen molar-refractivity contribution >= 4 is 34.1 Å². The Morgan fingerprint density at radius 1 is 0.879 bits per heavy atom. The van der Waals surface area contributed by atoms with Crippen LogP contribution in [0.2, 0.25) is 5.02 Å². The molecular formula is C28H26ClN3O. The number of amides is 1. The number of aromatic nitrogens is 1. The highest BCUT2D eigenvalue weighted by molar-refractivity contribution is 6.30. The summed E-state index contributed by atoms with van der Waals surface area (Å²) in [6, 6.07) is 23.8. The quantitative estimate of drug-likeness (QED) is 0.372. The molecule has 0 aliphatic carbocycles. The second kappa shape index (κ2) is 8.87. The lowest BCUT2D eigenvalue weighted by atomic mass is 10.0. The molecule has 1 saturated heterocycles. The highest BCUT2D eigenvalue weighted by atomic mass is 35.5. The third-order valence-electron chi connectivity index (χ3n) is 6.55. The first-order valence-corrected chi connectivity index (χ1v) is 11.7. The molecule has 4 nitrogen and oxygen atoms in total. The van der Waals surface area contributed by atoms with Gasteiger partial charge in [0.05, 0.1) is 16.8 Å². The zero-order valence-electron chi connectivity index (χ0n) is 18.9. The third-order valence-corrected chi connectivity index (χ3v) is 6.79. The minimum atomic E-state index is 0.0532. The van der Waals surface area contributed by atoms with Gasteiger partial charge in [-0.05, 0) is 55.3 Å². The van der Waals surface area contributed by atoms with Crippen LogP contribution in [0.3, 0.4) is 0 Å². The molecular weight excluding hydrogens is 430 g/mol. The Balaban J connectivity index is 1.44. The van der Waals surface area contributed by atoms with Crippen LogP contribution in [0, 0.1) is 13.8 Å². The average Bonchev–Trinajstić information content (AvgIpc) is 2.85. The maximum Gasteiger partial charge on any atom is 0.254 e. The van der Waals surface area contributed by atoms with Crippen LogP contribution >= 0.6 is 11.6 Å². The van der Waals surface area contributed by atoms with Gasteiger partial charge in [-0.1, -0.05) is 54.1 Å². The van der Waals surface area contributed by atoms with Crippen LogP contribution in [-0.2, 0) is 0 Å². The van der Waals surface area contributed by atoms with Crippen molar-refractivity contribution < 1.29 is 4.79 Å². The Labute approximate surface area is 199 Å². The normalized spacial score (nSPS) is 14.0. The largest absolute Gasteiger partial charge is 0.368 e. The predicted molar refractivity (Wildman–Crippen MR) is 136 cm³/mol. The maximum absolute atomic E-state index is 13.7. The molecule has 5 heteroatoms. The minimum absolute atomic E-state index is 0.0532. The van der Waals surface area contributed by atoms with E-state index >= 15 is 0 Å². The van der Waals surface area contributed by atoms with Gasteiger partial charge in [0.2, 0.25) is 0 Å². The molecule has 1 fully saturated rings. The van der Waals surface area contributed by atoms with Gasteiger partial charge in [-0.2, -0.15) is 0 Å². The number of hydrogen-bond donors (Lipinski definition) is 0. The number of carbonyl (C=O) groups excluding carboxylic acids is 1. The van der Waals surface area contributed by atoms with Gasteiger partial charge in [-0.15, -0.1) is 0 Å². The Kier molecular flexibility index (Phi) is 5.77. The van der Waals surface area contributed by atoms with Crippen LogP contribution in [0.1, 0.15) is 21.5 Å². The lowest BCUT2D eigenvalue weighted by Crippen LogP contribution is -2.49. The Morgan fingerprint density at radius 2 is 1.64 bits per heavy atom. The number of aryl methyl sites for hydroxylation is 1. The number of piperazine rings is 1. The van der Waals surface area contributed by atoms with Crippen molar-refractivity contribution in [1.29, 1.82) is 0 Å². The van der Waals surface area contributed by atoms with Crippen LogP contribution in [0.5, 0.6) is 0 Å². The first kappa shape index (κ1) is 21.5. The molecule has 0 bridgehead atoms. The van der Waals surface area contributed by atoms with Crippen LogP contribution in [0.25, 0.3) is 22.2 Å². The fourth-order valence-electron chi connectivity index (χ4n) is 4.55. The fraction of sp³-hybridized carbons (Fsp3) is 0.214. The number of rotatable bonds is 3. The molecule has 2 heterocycles. The Hall–Kier alpha value is -3.37. The summed E-state index contributed by atoms with van der Waals surface area (Å²) in [5.74, 6) is 0.0532. The Morgan fingerprint density at radius 3 is 2.42 bits per heavy atom. The number of halogens is 1. The van der Waals surface area contributed by atoms with Crippen LogP contribution in [0.4, 0.5) is 5.69 Å². The van der Waals surface area contributed by atoms with Crippen molar-refractivity contribution in [3.05, 3.63) is 94.5 Å².